The van der Waals surface area contributed by atoms with Gasteiger partial charge in [-0.2, -0.15) is 4.31 Å². The Morgan fingerprint density at radius 2 is 1.69 bits per heavy atom. The maximum Gasteiger partial charge on any atom is 0.254 e. The molecule has 1 spiro atoms. The number of likely N-dealkylation sites (tertiary alicyclic amines) is 1. The molecular weight excluding hydrogens is 412 g/mol. The number of hydrogen-bond donors (Lipinski definition) is 0. The molecule has 0 aromatic heterocycles. The summed E-state index contributed by atoms with van der Waals surface area (Å²) in [7, 11) is -3.71. The summed E-state index contributed by atoms with van der Waals surface area (Å²) >= 11 is 5.90. The molecule has 6 nitrogen and oxygen atoms in total. The summed E-state index contributed by atoms with van der Waals surface area (Å²) in [5.41, 5.74) is 0.712. The van der Waals surface area contributed by atoms with Crippen molar-refractivity contribution in [3.63, 3.8) is 0 Å². The monoisotopic (exact) mass is 434 g/mol. The molecule has 2 aromatic rings. The van der Waals surface area contributed by atoms with Gasteiger partial charge in [-0.05, 0) is 42.8 Å². The lowest BCUT2D eigenvalue weighted by Gasteiger charge is -2.42. The number of piperidine rings is 1. The van der Waals surface area contributed by atoms with Crippen LogP contribution in [0.1, 0.15) is 28.8 Å². The minimum absolute atomic E-state index is 0.0249. The lowest BCUT2D eigenvalue weighted by atomic mass is 9.99. The van der Waals surface area contributed by atoms with Gasteiger partial charge in [0.25, 0.3) is 5.91 Å². The second-order valence-electron chi connectivity index (χ2n) is 7.43. The van der Waals surface area contributed by atoms with E-state index in [2.05, 4.69) is 0 Å². The zero-order valence-electron chi connectivity index (χ0n) is 16.2. The van der Waals surface area contributed by atoms with E-state index in [4.69, 9.17) is 16.3 Å². The fourth-order valence-corrected chi connectivity index (χ4v) is 5.95. The van der Waals surface area contributed by atoms with Crippen molar-refractivity contribution >= 4 is 27.5 Å². The standard InChI is InChI=1S/C21H23ClN2O4S/c1-16-4-2-3-5-19(16)20(25)23-12-10-21(11-13-23)24(14-15-28-21)29(26,27)18-8-6-17(22)7-9-18/h2-9H,10-15H2,1H3. The van der Waals surface area contributed by atoms with Gasteiger partial charge in [-0.1, -0.05) is 29.8 Å². The number of rotatable bonds is 3. The molecule has 0 bridgehead atoms. The topological polar surface area (TPSA) is 66.9 Å². The van der Waals surface area contributed by atoms with Crippen molar-refractivity contribution in [1.29, 1.82) is 0 Å². The molecule has 0 saturated carbocycles. The van der Waals surface area contributed by atoms with Crippen molar-refractivity contribution < 1.29 is 17.9 Å². The number of carbonyl (C=O) groups excluding carboxylic acids is 1. The summed E-state index contributed by atoms with van der Waals surface area (Å²) in [5.74, 6) is -0.0249. The Morgan fingerprint density at radius 3 is 2.34 bits per heavy atom. The molecule has 0 aliphatic carbocycles. The smallest absolute Gasteiger partial charge is 0.254 e. The molecule has 154 valence electrons. The van der Waals surface area contributed by atoms with E-state index >= 15 is 0 Å². The average molecular weight is 435 g/mol. The maximum absolute atomic E-state index is 13.2. The Morgan fingerprint density at radius 1 is 1.03 bits per heavy atom. The van der Waals surface area contributed by atoms with Gasteiger partial charge >= 0.3 is 0 Å². The van der Waals surface area contributed by atoms with Crippen molar-refractivity contribution in [2.24, 2.45) is 0 Å². The number of halogens is 1. The van der Waals surface area contributed by atoms with Crippen LogP contribution >= 0.6 is 11.6 Å². The molecule has 0 atom stereocenters. The molecule has 0 unspecified atom stereocenters. The van der Waals surface area contributed by atoms with E-state index in [1.807, 2.05) is 31.2 Å². The van der Waals surface area contributed by atoms with Gasteiger partial charge < -0.3 is 9.64 Å². The number of benzene rings is 2. The number of nitrogens with zero attached hydrogens (tertiary/aromatic N) is 2. The quantitative estimate of drug-likeness (QED) is 0.743. The first-order valence-corrected chi connectivity index (χ1v) is 11.4. The van der Waals surface area contributed by atoms with Gasteiger partial charge in [0, 0.05) is 43.1 Å². The van der Waals surface area contributed by atoms with E-state index < -0.39 is 15.7 Å². The van der Waals surface area contributed by atoms with Crippen LogP contribution in [0.4, 0.5) is 0 Å². The molecule has 2 aliphatic heterocycles. The lowest BCUT2D eigenvalue weighted by Crippen LogP contribution is -2.55. The van der Waals surface area contributed by atoms with Crippen LogP contribution in [0.3, 0.4) is 0 Å². The molecule has 8 heteroatoms. The summed E-state index contributed by atoms with van der Waals surface area (Å²) in [6.45, 7) is 3.45. The number of carbonyl (C=O) groups is 1. The second kappa shape index (κ2) is 7.72. The number of aryl methyl sites for hydroxylation is 1. The van der Waals surface area contributed by atoms with Gasteiger partial charge in [0.05, 0.1) is 11.5 Å². The third-order valence-corrected chi connectivity index (χ3v) is 7.94. The summed E-state index contributed by atoms with van der Waals surface area (Å²) < 4.78 is 33.9. The Bertz CT molecular complexity index is 1020. The molecule has 2 aliphatic rings. The molecule has 2 heterocycles. The molecule has 0 radical (unpaired) electrons. The predicted octanol–water partition coefficient (Wildman–Crippen LogP) is 3.30. The number of ether oxygens (including phenoxy) is 1. The van der Waals surface area contributed by atoms with Crippen LogP contribution in [0.5, 0.6) is 0 Å². The number of sulfonamides is 1. The first-order valence-electron chi connectivity index (χ1n) is 9.61. The van der Waals surface area contributed by atoms with Gasteiger partial charge in [0.15, 0.2) is 0 Å². The van der Waals surface area contributed by atoms with E-state index in [0.717, 1.165) is 5.56 Å². The largest absolute Gasteiger partial charge is 0.358 e. The highest BCUT2D eigenvalue weighted by atomic mass is 35.5. The Hall–Kier alpha value is -1.93. The van der Waals surface area contributed by atoms with Crippen LogP contribution in [-0.2, 0) is 14.8 Å². The van der Waals surface area contributed by atoms with Crippen LogP contribution < -0.4 is 0 Å². The van der Waals surface area contributed by atoms with Gasteiger partial charge in [0.2, 0.25) is 10.0 Å². The third-order valence-electron chi connectivity index (χ3n) is 5.73. The van der Waals surface area contributed by atoms with E-state index in [0.29, 0.717) is 49.7 Å². The molecule has 0 N–H and O–H groups in total. The number of amides is 1. The average Bonchev–Trinajstić information content (AvgIpc) is 3.13. The van der Waals surface area contributed by atoms with Crippen molar-refractivity contribution in [3.05, 3.63) is 64.7 Å². The molecular formula is C21H23ClN2O4S. The zero-order valence-corrected chi connectivity index (χ0v) is 17.7. The van der Waals surface area contributed by atoms with Crippen LogP contribution in [0.2, 0.25) is 5.02 Å². The molecule has 2 aromatic carbocycles. The number of hydrogen-bond acceptors (Lipinski definition) is 4. The van der Waals surface area contributed by atoms with Crippen molar-refractivity contribution in [1.82, 2.24) is 9.21 Å². The van der Waals surface area contributed by atoms with Crippen LogP contribution in [-0.4, -0.2) is 55.5 Å². The van der Waals surface area contributed by atoms with E-state index in [1.54, 1.807) is 17.0 Å². The predicted molar refractivity (Wildman–Crippen MR) is 110 cm³/mol. The Labute approximate surface area is 176 Å². The van der Waals surface area contributed by atoms with Gasteiger partial charge in [-0.15, -0.1) is 0 Å². The molecule has 1 amide bonds. The first-order chi connectivity index (χ1) is 13.8. The highest BCUT2D eigenvalue weighted by Gasteiger charge is 2.51. The van der Waals surface area contributed by atoms with E-state index in [1.165, 1.54) is 16.4 Å². The molecule has 29 heavy (non-hydrogen) atoms. The zero-order chi connectivity index (χ0) is 20.6. The summed E-state index contributed by atoms with van der Waals surface area (Å²) in [5, 5.41) is 0.486. The van der Waals surface area contributed by atoms with Crippen LogP contribution in [0.25, 0.3) is 0 Å². The molecule has 4 rings (SSSR count). The van der Waals surface area contributed by atoms with Crippen molar-refractivity contribution in [3.8, 4) is 0 Å². The summed E-state index contributed by atoms with van der Waals surface area (Å²) in [6.07, 6.45) is 0.884. The van der Waals surface area contributed by atoms with Gasteiger partial charge in [-0.25, -0.2) is 8.42 Å². The summed E-state index contributed by atoms with van der Waals surface area (Å²) in [6, 6.07) is 13.7. The van der Waals surface area contributed by atoms with Crippen LogP contribution in [0.15, 0.2) is 53.4 Å². The van der Waals surface area contributed by atoms with Gasteiger partial charge in [-0.3, -0.25) is 4.79 Å². The van der Waals surface area contributed by atoms with E-state index in [-0.39, 0.29) is 10.8 Å². The van der Waals surface area contributed by atoms with Crippen molar-refractivity contribution in [2.45, 2.75) is 30.4 Å². The Balaban J connectivity index is 1.53. The van der Waals surface area contributed by atoms with E-state index in [9.17, 15) is 13.2 Å². The normalized spacial score (nSPS) is 19.6. The molecule has 2 saturated heterocycles. The minimum atomic E-state index is -3.71. The first kappa shape index (κ1) is 20.3. The second-order valence-corrected chi connectivity index (χ2v) is 9.73. The molecule has 2 fully saturated rings. The SMILES string of the molecule is Cc1ccccc1C(=O)N1CCC2(CC1)OCCN2S(=O)(=O)c1ccc(Cl)cc1. The Kier molecular flexibility index (Phi) is 5.42. The summed E-state index contributed by atoms with van der Waals surface area (Å²) in [4.78, 5) is 14.9. The highest BCUT2D eigenvalue weighted by Crippen LogP contribution is 2.38. The van der Waals surface area contributed by atoms with Gasteiger partial charge in [0.1, 0.15) is 5.72 Å². The lowest BCUT2D eigenvalue weighted by molar-refractivity contribution is -0.0857. The highest BCUT2D eigenvalue weighted by molar-refractivity contribution is 7.89. The fraction of sp³-hybridized carbons (Fsp3) is 0.381. The minimum Gasteiger partial charge on any atom is -0.358 e. The fourth-order valence-electron chi connectivity index (χ4n) is 4.10. The van der Waals surface area contributed by atoms with Crippen molar-refractivity contribution in [2.75, 3.05) is 26.2 Å². The maximum atomic E-state index is 13.2. The third kappa shape index (κ3) is 3.68. The van der Waals surface area contributed by atoms with Crippen LogP contribution in [0, 0.1) is 6.92 Å².